The van der Waals surface area contributed by atoms with Crippen LogP contribution in [0.3, 0.4) is 0 Å². The normalized spacial score (nSPS) is 16.6. The minimum absolute atomic E-state index is 0.839. The molecule has 6 heteroatoms. The predicted molar refractivity (Wildman–Crippen MR) is 105 cm³/mol. The smallest absolute Gasteiger partial charge is 0.191 e. The maximum absolute atomic E-state index is 4.69. The monoisotopic (exact) mass is 348 g/mol. The molecule has 3 N–H and O–H groups in total. The zero-order valence-corrected chi connectivity index (χ0v) is 16.1. The molecule has 1 fully saturated rings. The van der Waals surface area contributed by atoms with E-state index in [1.54, 1.807) is 0 Å². The van der Waals surface area contributed by atoms with Crippen LogP contribution in [-0.4, -0.2) is 60.3 Å². The SMILES string of the molecule is CCNC(=NCCCc1cn[nH]c1C)NCCCN1CCCCCC1. The van der Waals surface area contributed by atoms with Crippen LogP contribution in [0.15, 0.2) is 11.2 Å². The maximum atomic E-state index is 4.69. The molecule has 2 heterocycles. The number of aromatic nitrogens is 2. The fourth-order valence-electron chi connectivity index (χ4n) is 3.30. The van der Waals surface area contributed by atoms with Crippen LogP contribution in [0.25, 0.3) is 0 Å². The third kappa shape index (κ3) is 7.90. The molecule has 0 aromatic carbocycles. The molecule has 142 valence electrons. The Bertz CT molecular complexity index is 488. The Hall–Kier alpha value is -1.56. The number of hydrogen-bond donors (Lipinski definition) is 3. The molecule has 0 radical (unpaired) electrons. The molecule has 1 saturated heterocycles. The van der Waals surface area contributed by atoms with Crippen molar-refractivity contribution in [3.05, 3.63) is 17.5 Å². The van der Waals surface area contributed by atoms with E-state index in [1.807, 2.05) is 6.20 Å². The summed E-state index contributed by atoms with van der Waals surface area (Å²) in [6.45, 7) is 10.7. The number of nitrogens with zero attached hydrogens (tertiary/aromatic N) is 3. The highest BCUT2D eigenvalue weighted by atomic mass is 15.2. The molecule has 2 rings (SSSR count). The number of H-pyrrole nitrogens is 1. The van der Waals surface area contributed by atoms with Crippen molar-refractivity contribution in [1.29, 1.82) is 0 Å². The van der Waals surface area contributed by atoms with Crippen LogP contribution in [-0.2, 0) is 6.42 Å². The summed E-state index contributed by atoms with van der Waals surface area (Å²) in [5, 5.41) is 13.9. The van der Waals surface area contributed by atoms with Gasteiger partial charge in [0.1, 0.15) is 0 Å². The summed E-state index contributed by atoms with van der Waals surface area (Å²) in [5.41, 5.74) is 2.47. The van der Waals surface area contributed by atoms with Gasteiger partial charge in [-0.1, -0.05) is 12.8 Å². The highest BCUT2D eigenvalue weighted by molar-refractivity contribution is 5.79. The second kappa shape index (κ2) is 11.9. The predicted octanol–water partition coefficient (Wildman–Crippen LogP) is 2.47. The minimum Gasteiger partial charge on any atom is -0.357 e. The number of aliphatic imine (C=N–C) groups is 1. The summed E-state index contributed by atoms with van der Waals surface area (Å²) >= 11 is 0. The first-order valence-corrected chi connectivity index (χ1v) is 10.0. The van der Waals surface area contributed by atoms with Gasteiger partial charge in [0.05, 0.1) is 6.20 Å². The quantitative estimate of drug-likeness (QED) is 0.364. The van der Waals surface area contributed by atoms with Gasteiger partial charge >= 0.3 is 0 Å². The van der Waals surface area contributed by atoms with E-state index in [9.17, 15) is 0 Å². The summed E-state index contributed by atoms with van der Waals surface area (Å²) in [7, 11) is 0. The Kier molecular flexibility index (Phi) is 9.41. The maximum Gasteiger partial charge on any atom is 0.191 e. The fourth-order valence-corrected chi connectivity index (χ4v) is 3.30. The molecule has 0 atom stereocenters. The van der Waals surface area contributed by atoms with E-state index in [-0.39, 0.29) is 0 Å². The Morgan fingerprint density at radius 2 is 2.00 bits per heavy atom. The van der Waals surface area contributed by atoms with Gasteiger partial charge in [0.2, 0.25) is 0 Å². The van der Waals surface area contributed by atoms with Crippen LogP contribution in [0, 0.1) is 6.92 Å². The van der Waals surface area contributed by atoms with Gasteiger partial charge in [-0.25, -0.2) is 0 Å². The van der Waals surface area contributed by atoms with Crippen LogP contribution < -0.4 is 10.6 Å². The summed E-state index contributed by atoms with van der Waals surface area (Å²) in [6.07, 6.45) is 10.7. The Morgan fingerprint density at radius 1 is 1.20 bits per heavy atom. The van der Waals surface area contributed by atoms with E-state index in [4.69, 9.17) is 4.99 Å². The molecule has 0 saturated carbocycles. The van der Waals surface area contributed by atoms with Crippen molar-refractivity contribution in [1.82, 2.24) is 25.7 Å². The lowest BCUT2D eigenvalue weighted by atomic mass is 10.1. The molecule has 0 spiro atoms. The molecule has 1 aromatic heterocycles. The molecule has 1 aliphatic rings. The second-order valence-corrected chi connectivity index (χ2v) is 6.92. The molecule has 1 aliphatic heterocycles. The third-order valence-corrected chi connectivity index (χ3v) is 4.79. The highest BCUT2D eigenvalue weighted by Crippen LogP contribution is 2.09. The van der Waals surface area contributed by atoms with Crippen LogP contribution in [0.2, 0.25) is 0 Å². The first-order valence-electron chi connectivity index (χ1n) is 10.0. The minimum atomic E-state index is 0.839. The number of hydrogen-bond acceptors (Lipinski definition) is 3. The van der Waals surface area contributed by atoms with Crippen molar-refractivity contribution >= 4 is 5.96 Å². The van der Waals surface area contributed by atoms with Crippen molar-refractivity contribution in [2.45, 2.75) is 58.8 Å². The first-order chi connectivity index (χ1) is 12.3. The van der Waals surface area contributed by atoms with Crippen molar-refractivity contribution in [2.75, 3.05) is 39.3 Å². The summed E-state index contributed by atoms with van der Waals surface area (Å²) < 4.78 is 0. The molecule has 0 aliphatic carbocycles. The molecule has 0 unspecified atom stereocenters. The number of aromatic amines is 1. The topological polar surface area (TPSA) is 68.3 Å². The Labute approximate surface area is 152 Å². The second-order valence-electron chi connectivity index (χ2n) is 6.92. The van der Waals surface area contributed by atoms with Crippen LogP contribution in [0.5, 0.6) is 0 Å². The van der Waals surface area contributed by atoms with Crippen LogP contribution in [0.4, 0.5) is 0 Å². The Balaban J connectivity index is 1.62. The van der Waals surface area contributed by atoms with Crippen molar-refractivity contribution in [3.63, 3.8) is 0 Å². The van der Waals surface area contributed by atoms with Gasteiger partial charge in [-0.2, -0.15) is 5.10 Å². The van der Waals surface area contributed by atoms with E-state index in [0.717, 1.165) is 38.4 Å². The number of aryl methyl sites for hydroxylation is 2. The van der Waals surface area contributed by atoms with Gasteiger partial charge in [-0.3, -0.25) is 10.1 Å². The third-order valence-electron chi connectivity index (χ3n) is 4.79. The van der Waals surface area contributed by atoms with Gasteiger partial charge in [-0.15, -0.1) is 0 Å². The number of guanidine groups is 1. The Morgan fingerprint density at radius 3 is 2.68 bits per heavy atom. The zero-order valence-electron chi connectivity index (χ0n) is 16.1. The molecule has 6 nitrogen and oxygen atoms in total. The lowest BCUT2D eigenvalue weighted by Crippen LogP contribution is -2.39. The average molecular weight is 349 g/mol. The lowest BCUT2D eigenvalue weighted by molar-refractivity contribution is 0.282. The molecule has 25 heavy (non-hydrogen) atoms. The van der Waals surface area contributed by atoms with E-state index in [2.05, 4.69) is 39.6 Å². The average Bonchev–Trinajstić information content (AvgIpc) is 2.85. The molecular weight excluding hydrogens is 312 g/mol. The number of likely N-dealkylation sites (tertiary alicyclic amines) is 1. The highest BCUT2D eigenvalue weighted by Gasteiger charge is 2.08. The van der Waals surface area contributed by atoms with Gasteiger partial charge in [0.25, 0.3) is 0 Å². The number of nitrogens with one attached hydrogen (secondary N) is 3. The summed E-state index contributed by atoms with van der Waals surface area (Å²) in [5.74, 6) is 0.947. The first kappa shape index (κ1) is 19.8. The van der Waals surface area contributed by atoms with E-state index in [1.165, 1.54) is 63.0 Å². The molecule has 1 aromatic rings. The molecular formula is C19H36N6. The van der Waals surface area contributed by atoms with Crippen molar-refractivity contribution in [2.24, 2.45) is 4.99 Å². The van der Waals surface area contributed by atoms with E-state index >= 15 is 0 Å². The van der Waals surface area contributed by atoms with Gasteiger partial charge in [0.15, 0.2) is 5.96 Å². The largest absolute Gasteiger partial charge is 0.357 e. The fraction of sp³-hybridized carbons (Fsp3) is 0.789. The number of rotatable bonds is 9. The molecule has 0 amide bonds. The summed E-state index contributed by atoms with van der Waals surface area (Å²) in [6, 6.07) is 0. The standard InChI is InChI=1S/C19H36N6/c1-3-20-19(21-11-8-10-18-16-23-24-17(18)2)22-12-9-15-25-13-6-4-5-7-14-25/h16H,3-15H2,1-2H3,(H,23,24)(H2,20,21,22). The van der Waals surface area contributed by atoms with Crippen molar-refractivity contribution in [3.8, 4) is 0 Å². The van der Waals surface area contributed by atoms with Crippen LogP contribution >= 0.6 is 0 Å². The van der Waals surface area contributed by atoms with Crippen molar-refractivity contribution < 1.29 is 0 Å². The molecule has 0 bridgehead atoms. The van der Waals surface area contributed by atoms with Gasteiger partial charge in [0, 0.05) is 25.3 Å². The van der Waals surface area contributed by atoms with E-state index < -0.39 is 0 Å². The lowest BCUT2D eigenvalue weighted by Gasteiger charge is -2.20. The van der Waals surface area contributed by atoms with Gasteiger partial charge < -0.3 is 15.5 Å². The van der Waals surface area contributed by atoms with Crippen LogP contribution in [0.1, 0.15) is 56.7 Å². The van der Waals surface area contributed by atoms with Gasteiger partial charge in [-0.05, 0) is 71.1 Å². The zero-order chi connectivity index (χ0) is 17.7. The van der Waals surface area contributed by atoms with E-state index in [0.29, 0.717) is 0 Å². The summed E-state index contributed by atoms with van der Waals surface area (Å²) in [4.78, 5) is 7.31.